The summed E-state index contributed by atoms with van der Waals surface area (Å²) in [5, 5.41) is 18.2. The average molecular weight is 222 g/mol. The van der Waals surface area contributed by atoms with Crippen LogP contribution in [0.4, 0.5) is 0 Å². The van der Waals surface area contributed by atoms with Gasteiger partial charge in [0, 0.05) is 0 Å². The zero-order valence-corrected chi connectivity index (χ0v) is 8.58. The molecule has 0 aliphatic heterocycles. The molecule has 0 fully saturated rings. The first-order valence-electron chi connectivity index (χ1n) is 3.09. The molecular formula is C6H11Cl3O2. The lowest BCUT2D eigenvalue weighted by molar-refractivity contribution is -0.00651. The maximum Gasteiger partial charge on any atom is 0.198 e. The van der Waals surface area contributed by atoms with Crippen molar-refractivity contribution in [3.05, 3.63) is 0 Å². The zero-order valence-electron chi connectivity index (χ0n) is 6.31. The first-order chi connectivity index (χ1) is 4.69. The van der Waals surface area contributed by atoms with Gasteiger partial charge in [-0.05, 0) is 13.8 Å². The van der Waals surface area contributed by atoms with Crippen molar-refractivity contribution in [1.82, 2.24) is 0 Å². The van der Waals surface area contributed by atoms with Gasteiger partial charge in [0.25, 0.3) is 0 Å². The monoisotopic (exact) mass is 220 g/mol. The highest BCUT2D eigenvalue weighted by Gasteiger charge is 2.41. The Morgan fingerprint density at radius 2 is 1.64 bits per heavy atom. The van der Waals surface area contributed by atoms with Crippen molar-refractivity contribution in [3.8, 4) is 0 Å². The van der Waals surface area contributed by atoms with Gasteiger partial charge in [-0.2, -0.15) is 0 Å². The van der Waals surface area contributed by atoms with Crippen molar-refractivity contribution in [1.29, 1.82) is 0 Å². The summed E-state index contributed by atoms with van der Waals surface area (Å²) in [6.07, 6.45) is 0. The fourth-order valence-electron chi connectivity index (χ4n) is 0.727. The molecule has 1 unspecified atom stereocenters. The molecule has 0 aromatic rings. The molecule has 0 aliphatic carbocycles. The number of hydrogen-bond donors (Lipinski definition) is 2. The third kappa shape index (κ3) is 3.81. The average Bonchev–Trinajstić information content (AvgIpc) is 1.56. The highest BCUT2D eigenvalue weighted by Crippen LogP contribution is 2.40. The van der Waals surface area contributed by atoms with Gasteiger partial charge in [0.1, 0.15) is 0 Å². The largest absolute Gasteiger partial charge is 0.396 e. The summed E-state index contributed by atoms with van der Waals surface area (Å²) in [7, 11) is 0. The van der Waals surface area contributed by atoms with E-state index in [9.17, 15) is 5.11 Å². The maximum absolute atomic E-state index is 9.40. The van der Waals surface area contributed by atoms with Gasteiger partial charge in [-0.15, -0.1) is 0 Å². The van der Waals surface area contributed by atoms with E-state index in [0.717, 1.165) is 0 Å². The van der Waals surface area contributed by atoms with Crippen molar-refractivity contribution >= 4 is 34.8 Å². The first kappa shape index (κ1) is 11.8. The van der Waals surface area contributed by atoms with Crippen LogP contribution in [0.25, 0.3) is 0 Å². The normalized spacial score (nSPS) is 16.6. The number of hydrogen-bond acceptors (Lipinski definition) is 2. The van der Waals surface area contributed by atoms with Crippen molar-refractivity contribution in [3.63, 3.8) is 0 Å². The molecule has 0 rings (SSSR count). The molecule has 0 bridgehead atoms. The number of halogens is 3. The van der Waals surface area contributed by atoms with Crippen LogP contribution in [0.1, 0.15) is 13.8 Å². The van der Waals surface area contributed by atoms with E-state index in [1.165, 1.54) is 13.8 Å². The van der Waals surface area contributed by atoms with E-state index in [-0.39, 0.29) is 6.61 Å². The van der Waals surface area contributed by atoms with Crippen LogP contribution < -0.4 is 0 Å². The summed E-state index contributed by atoms with van der Waals surface area (Å²) in [6.45, 7) is 2.60. The van der Waals surface area contributed by atoms with Crippen LogP contribution in [0.15, 0.2) is 0 Å². The molecule has 0 amide bonds. The number of aliphatic hydroxyl groups is 2. The van der Waals surface area contributed by atoms with E-state index in [0.29, 0.717) is 0 Å². The lowest BCUT2D eigenvalue weighted by Crippen LogP contribution is -2.42. The lowest BCUT2D eigenvalue weighted by Gasteiger charge is -2.32. The Kier molecular flexibility index (Phi) is 3.93. The van der Waals surface area contributed by atoms with Gasteiger partial charge in [-0.3, -0.25) is 0 Å². The quantitative estimate of drug-likeness (QED) is 0.698. The van der Waals surface area contributed by atoms with Crippen molar-refractivity contribution in [2.24, 2.45) is 5.92 Å². The maximum atomic E-state index is 9.40. The first-order valence-corrected chi connectivity index (χ1v) is 4.23. The molecule has 1 atom stereocenters. The predicted molar refractivity (Wildman–Crippen MR) is 47.2 cm³/mol. The molecule has 11 heavy (non-hydrogen) atoms. The Morgan fingerprint density at radius 1 is 1.27 bits per heavy atom. The van der Waals surface area contributed by atoms with Crippen LogP contribution in [0.3, 0.4) is 0 Å². The Balaban J connectivity index is 4.43. The molecule has 0 aromatic carbocycles. The van der Waals surface area contributed by atoms with E-state index >= 15 is 0 Å². The molecule has 0 heterocycles. The molecule has 5 heteroatoms. The van der Waals surface area contributed by atoms with E-state index in [4.69, 9.17) is 39.9 Å². The van der Waals surface area contributed by atoms with Crippen LogP contribution in [0, 0.1) is 5.92 Å². The van der Waals surface area contributed by atoms with Gasteiger partial charge < -0.3 is 10.2 Å². The van der Waals surface area contributed by atoms with E-state index in [1.807, 2.05) is 0 Å². The second-order valence-corrected chi connectivity index (χ2v) is 5.30. The van der Waals surface area contributed by atoms with Gasteiger partial charge in [0.2, 0.25) is 0 Å². The summed E-state index contributed by atoms with van der Waals surface area (Å²) in [5.74, 6) is -0.778. The molecule has 68 valence electrons. The smallest absolute Gasteiger partial charge is 0.198 e. The van der Waals surface area contributed by atoms with Gasteiger partial charge in [-0.1, -0.05) is 34.8 Å². The van der Waals surface area contributed by atoms with E-state index in [1.54, 1.807) is 0 Å². The van der Waals surface area contributed by atoms with Gasteiger partial charge >= 0.3 is 0 Å². The van der Waals surface area contributed by atoms with Crippen molar-refractivity contribution in [2.45, 2.75) is 23.2 Å². The minimum Gasteiger partial charge on any atom is -0.396 e. The summed E-state index contributed by atoms with van der Waals surface area (Å²) in [6, 6.07) is 0. The Hall–Kier alpha value is 0.790. The lowest BCUT2D eigenvalue weighted by atomic mass is 9.93. The minimum atomic E-state index is -1.63. The number of rotatable bonds is 2. The summed E-state index contributed by atoms with van der Waals surface area (Å²) in [5.41, 5.74) is -1.19. The van der Waals surface area contributed by atoms with E-state index in [2.05, 4.69) is 0 Å². The second-order valence-electron chi connectivity index (χ2n) is 2.93. The highest BCUT2D eigenvalue weighted by molar-refractivity contribution is 6.67. The summed E-state index contributed by atoms with van der Waals surface area (Å²) in [4.78, 5) is 0. The third-order valence-electron chi connectivity index (χ3n) is 1.43. The summed E-state index contributed by atoms with van der Waals surface area (Å²) < 4.78 is -1.63. The van der Waals surface area contributed by atoms with Crippen molar-refractivity contribution < 1.29 is 10.2 Å². The fourth-order valence-corrected chi connectivity index (χ4v) is 1.74. The minimum absolute atomic E-state index is 0.361. The Labute approximate surface area is 81.1 Å². The highest BCUT2D eigenvalue weighted by atomic mass is 35.6. The molecule has 0 aromatic heterocycles. The second kappa shape index (κ2) is 3.67. The number of aliphatic hydroxyl groups excluding tert-OH is 1. The van der Waals surface area contributed by atoms with E-state index < -0.39 is 15.3 Å². The SMILES string of the molecule is CC(C)(O)C(CO)C(Cl)(Cl)Cl. The Morgan fingerprint density at radius 3 is 1.64 bits per heavy atom. The van der Waals surface area contributed by atoms with Crippen LogP contribution in [-0.4, -0.2) is 26.2 Å². The Bertz CT molecular complexity index is 111. The summed E-state index contributed by atoms with van der Waals surface area (Å²) >= 11 is 16.5. The standard InChI is InChI=1S/C6H11Cl3O2/c1-5(2,11)4(3-10)6(7,8)9/h4,10-11H,3H2,1-2H3. The molecule has 2 nitrogen and oxygen atoms in total. The molecule has 0 aliphatic rings. The van der Waals surface area contributed by atoms with Crippen LogP contribution >= 0.6 is 34.8 Å². The zero-order chi connectivity index (χ0) is 9.28. The number of alkyl halides is 3. The van der Waals surface area contributed by atoms with Crippen LogP contribution in [0.2, 0.25) is 0 Å². The molecule has 0 saturated carbocycles. The molecule has 0 spiro atoms. The molecule has 2 N–H and O–H groups in total. The van der Waals surface area contributed by atoms with Crippen LogP contribution in [-0.2, 0) is 0 Å². The molecular weight excluding hydrogens is 210 g/mol. The van der Waals surface area contributed by atoms with Crippen molar-refractivity contribution in [2.75, 3.05) is 6.61 Å². The molecule has 0 saturated heterocycles. The predicted octanol–water partition coefficient (Wildman–Crippen LogP) is 1.74. The topological polar surface area (TPSA) is 40.5 Å². The van der Waals surface area contributed by atoms with Gasteiger partial charge in [-0.25, -0.2) is 0 Å². The van der Waals surface area contributed by atoms with Gasteiger partial charge in [0.15, 0.2) is 3.79 Å². The van der Waals surface area contributed by atoms with Gasteiger partial charge in [0.05, 0.1) is 18.1 Å². The third-order valence-corrected chi connectivity index (χ3v) is 2.22. The van der Waals surface area contributed by atoms with Crippen LogP contribution in [0.5, 0.6) is 0 Å². The molecule has 0 radical (unpaired) electrons. The fraction of sp³-hybridized carbons (Fsp3) is 1.00.